The molecule has 4 heterocycles. The lowest BCUT2D eigenvalue weighted by Crippen LogP contribution is -2.35. The number of aliphatic imine (C=N–C) groups is 1. The van der Waals surface area contributed by atoms with Crippen molar-refractivity contribution in [2.24, 2.45) is 4.99 Å². The van der Waals surface area contributed by atoms with E-state index in [0.717, 1.165) is 34.4 Å². The van der Waals surface area contributed by atoms with Crippen molar-refractivity contribution in [2.45, 2.75) is 31.5 Å². The second-order valence-electron chi connectivity index (χ2n) is 7.16. The molecule has 148 valence electrons. The average molecular weight is 472 g/mol. The molecule has 4 nitrogen and oxygen atoms in total. The fourth-order valence-corrected chi connectivity index (χ4v) is 5.89. The van der Waals surface area contributed by atoms with Crippen LogP contribution in [0, 0.1) is 5.82 Å². The van der Waals surface area contributed by atoms with Gasteiger partial charge in [0.2, 0.25) is 0 Å². The van der Waals surface area contributed by atoms with Crippen molar-refractivity contribution >= 4 is 32.9 Å². The molecular formula is C22H19BrFN3OS. The molecule has 5 rings (SSSR count). The van der Waals surface area contributed by atoms with Crippen LogP contribution in [-0.2, 0) is 0 Å². The number of amidine groups is 1. The van der Waals surface area contributed by atoms with Crippen molar-refractivity contribution in [2.75, 3.05) is 5.75 Å². The molecule has 0 spiro atoms. The Bertz CT molecular complexity index is 1070. The van der Waals surface area contributed by atoms with Crippen LogP contribution in [0.2, 0.25) is 0 Å². The Balaban J connectivity index is 1.56. The van der Waals surface area contributed by atoms with Gasteiger partial charge in [0, 0.05) is 28.0 Å². The zero-order valence-electron chi connectivity index (χ0n) is 15.8. The van der Waals surface area contributed by atoms with Crippen LogP contribution in [0.25, 0.3) is 11.3 Å². The average Bonchev–Trinajstić information content (AvgIpc) is 3.43. The van der Waals surface area contributed by atoms with Gasteiger partial charge in [-0.2, -0.15) is 0 Å². The predicted molar refractivity (Wildman–Crippen MR) is 117 cm³/mol. The number of hydrogen-bond donors (Lipinski definition) is 0. The molecule has 1 saturated heterocycles. The summed E-state index contributed by atoms with van der Waals surface area (Å²) in [7, 11) is 0. The van der Waals surface area contributed by atoms with Crippen molar-refractivity contribution < 1.29 is 8.81 Å². The first-order chi connectivity index (χ1) is 14.2. The van der Waals surface area contributed by atoms with Gasteiger partial charge in [-0.15, -0.1) is 0 Å². The molecule has 0 radical (unpaired) electrons. The Morgan fingerprint density at radius 1 is 1.24 bits per heavy atom. The Labute approximate surface area is 181 Å². The maximum Gasteiger partial charge on any atom is 0.161 e. The summed E-state index contributed by atoms with van der Waals surface area (Å²) in [5.74, 6) is 2.32. The highest BCUT2D eigenvalue weighted by Gasteiger charge is 2.46. The monoisotopic (exact) mass is 471 g/mol. The lowest BCUT2D eigenvalue weighted by atomic mass is 10.0. The van der Waals surface area contributed by atoms with Crippen LogP contribution in [0.15, 0.2) is 68.6 Å². The molecule has 1 fully saturated rings. The van der Waals surface area contributed by atoms with E-state index < -0.39 is 0 Å². The molecule has 2 aromatic heterocycles. The van der Waals surface area contributed by atoms with Crippen LogP contribution in [0.1, 0.15) is 36.9 Å². The van der Waals surface area contributed by atoms with E-state index in [9.17, 15) is 4.39 Å². The van der Waals surface area contributed by atoms with E-state index in [0.29, 0.717) is 16.3 Å². The van der Waals surface area contributed by atoms with Crippen molar-refractivity contribution in [3.8, 4) is 11.3 Å². The summed E-state index contributed by atoms with van der Waals surface area (Å²) in [5.41, 5.74) is 1.77. The van der Waals surface area contributed by atoms with Crippen LogP contribution >= 0.6 is 27.7 Å². The molecule has 0 saturated carbocycles. The third-order valence-electron chi connectivity index (χ3n) is 5.44. The highest BCUT2D eigenvalue weighted by Crippen LogP contribution is 2.49. The number of fused-ring (bicyclic) bond motifs is 1. The summed E-state index contributed by atoms with van der Waals surface area (Å²) in [6, 6.07) is 14.8. The van der Waals surface area contributed by atoms with Crippen LogP contribution in [0.4, 0.5) is 4.39 Å². The molecule has 3 atom stereocenters. The van der Waals surface area contributed by atoms with Gasteiger partial charge >= 0.3 is 0 Å². The molecule has 0 amide bonds. The Kier molecular flexibility index (Phi) is 4.95. The molecule has 1 aromatic carbocycles. The van der Waals surface area contributed by atoms with Crippen molar-refractivity contribution in [3.63, 3.8) is 0 Å². The number of pyridine rings is 1. The van der Waals surface area contributed by atoms with Gasteiger partial charge < -0.3 is 9.32 Å². The van der Waals surface area contributed by atoms with Gasteiger partial charge in [0.15, 0.2) is 5.17 Å². The van der Waals surface area contributed by atoms with Crippen LogP contribution in [0.5, 0.6) is 0 Å². The van der Waals surface area contributed by atoms with E-state index in [1.807, 2.05) is 48.3 Å². The van der Waals surface area contributed by atoms with Crippen molar-refractivity contribution in [3.05, 3.63) is 76.5 Å². The lowest BCUT2D eigenvalue weighted by molar-refractivity contribution is 0.226. The standard InChI is InChI=1S/C22H19BrFN3OS/c1-2-14-12-29-22-26-20(17-5-3-4-10-25-17)21(27(14)22)19-9-8-18(28-19)15-7-6-13(24)11-16(15)23/h3-11,14,20-21H,2,12H2,1H3. The summed E-state index contributed by atoms with van der Waals surface area (Å²) in [4.78, 5) is 12.0. The normalized spacial score (nSPS) is 23.3. The van der Waals surface area contributed by atoms with Crippen LogP contribution < -0.4 is 0 Å². The number of halogens is 2. The van der Waals surface area contributed by atoms with Gasteiger partial charge in [-0.1, -0.05) is 24.8 Å². The molecular weight excluding hydrogens is 453 g/mol. The third kappa shape index (κ3) is 3.30. The Hall–Kier alpha value is -2.12. The van der Waals surface area contributed by atoms with Gasteiger partial charge in [0.05, 0.1) is 5.69 Å². The Morgan fingerprint density at radius 2 is 2.14 bits per heavy atom. The van der Waals surface area contributed by atoms with Crippen LogP contribution in [0.3, 0.4) is 0 Å². The Morgan fingerprint density at radius 3 is 2.90 bits per heavy atom. The lowest BCUT2D eigenvalue weighted by Gasteiger charge is -2.30. The van der Waals surface area contributed by atoms with E-state index in [-0.39, 0.29) is 17.9 Å². The van der Waals surface area contributed by atoms with E-state index in [1.54, 1.807) is 6.07 Å². The van der Waals surface area contributed by atoms with Gasteiger partial charge in [-0.3, -0.25) is 4.98 Å². The zero-order chi connectivity index (χ0) is 20.0. The molecule has 0 aliphatic carbocycles. The highest BCUT2D eigenvalue weighted by atomic mass is 79.9. The van der Waals surface area contributed by atoms with E-state index in [1.165, 1.54) is 12.1 Å². The maximum absolute atomic E-state index is 13.5. The molecule has 29 heavy (non-hydrogen) atoms. The minimum Gasteiger partial charge on any atom is -0.459 e. The number of nitrogens with zero attached hydrogens (tertiary/aromatic N) is 3. The molecule has 0 N–H and O–H groups in total. The summed E-state index contributed by atoms with van der Waals surface area (Å²) in [6.07, 6.45) is 2.86. The predicted octanol–water partition coefficient (Wildman–Crippen LogP) is 6.22. The largest absolute Gasteiger partial charge is 0.459 e. The quantitative estimate of drug-likeness (QED) is 0.452. The van der Waals surface area contributed by atoms with Gasteiger partial charge in [-0.05, 0) is 64.8 Å². The second kappa shape index (κ2) is 7.61. The van der Waals surface area contributed by atoms with E-state index >= 15 is 0 Å². The topological polar surface area (TPSA) is 41.6 Å². The number of aromatic nitrogens is 1. The fraction of sp³-hybridized carbons (Fsp3) is 0.273. The summed E-state index contributed by atoms with van der Waals surface area (Å²) >= 11 is 5.25. The first-order valence-electron chi connectivity index (χ1n) is 9.60. The third-order valence-corrected chi connectivity index (χ3v) is 7.23. The minimum absolute atomic E-state index is 0.0344. The fourth-order valence-electron chi connectivity index (χ4n) is 4.01. The van der Waals surface area contributed by atoms with Gasteiger partial charge in [0.1, 0.15) is 29.4 Å². The highest BCUT2D eigenvalue weighted by molar-refractivity contribution is 9.10. The van der Waals surface area contributed by atoms with Crippen molar-refractivity contribution in [1.82, 2.24) is 9.88 Å². The second-order valence-corrected chi connectivity index (χ2v) is 9.00. The molecule has 2 aliphatic heterocycles. The van der Waals surface area contributed by atoms with Gasteiger partial charge in [0.25, 0.3) is 0 Å². The summed E-state index contributed by atoms with van der Waals surface area (Å²) < 4.78 is 20.5. The summed E-state index contributed by atoms with van der Waals surface area (Å²) in [6.45, 7) is 2.21. The van der Waals surface area contributed by atoms with Gasteiger partial charge in [-0.25, -0.2) is 9.38 Å². The molecule has 3 unspecified atom stereocenters. The molecule has 0 bridgehead atoms. The number of rotatable bonds is 4. The molecule has 3 aromatic rings. The van der Waals surface area contributed by atoms with E-state index in [2.05, 4.69) is 32.7 Å². The number of furan rings is 1. The smallest absolute Gasteiger partial charge is 0.161 e. The first-order valence-corrected chi connectivity index (χ1v) is 11.4. The maximum atomic E-state index is 13.5. The SMILES string of the molecule is CCC1CSC2=NC(c3ccccn3)C(c3ccc(-c4ccc(F)cc4Br)o3)N21. The summed E-state index contributed by atoms with van der Waals surface area (Å²) in [5, 5.41) is 1.07. The minimum atomic E-state index is -0.281. The van der Waals surface area contributed by atoms with Crippen molar-refractivity contribution in [1.29, 1.82) is 0 Å². The molecule has 2 aliphatic rings. The molecule has 7 heteroatoms. The number of thioether (sulfide) groups is 1. The van der Waals surface area contributed by atoms with Crippen LogP contribution in [-0.4, -0.2) is 26.8 Å². The zero-order valence-corrected chi connectivity index (χ0v) is 18.2. The first kappa shape index (κ1) is 18.9. The number of benzene rings is 1. The number of hydrogen-bond acceptors (Lipinski definition) is 5. The van der Waals surface area contributed by atoms with E-state index in [4.69, 9.17) is 9.41 Å².